The molecule has 0 radical (unpaired) electrons. The van der Waals surface area contributed by atoms with Crippen LogP contribution < -0.4 is 0 Å². The standard InChI is InChI=1S/C5H8O2.C4H6O.CH4O/c1-4(3-6)5(2)7;1-3-4(2)5;1-2/h6H,1,3H2,2H3;3H,1H2,2H3;2H,1H3. The molecule has 0 aromatic carbocycles. The van der Waals surface area contributed by atoms with Crippen molar-refractivity contribution in [2.24, 2.45) is 0 Å². The third-order valence-electron chi connectivity index (χ3n) is 0.976. The van der Waals surface area contributed by atoms with Crippen molar-refractivity contribution in [2.45, 2.75) is 13.8 Å². The molecule has 0 heterocycles. The molecule has 0 aliphatic heterocycles. The molecule has 0 saturated heterocycles. The van der Waals surface area contributed by atoms with Gasteiger partial charge in [0.1, 0.15) is 0 Å². The lowest BCUT2D eigenvalue weighted by molar-refractivity contribution is -0.114. The molecule has 0 aromatic rings. The summed E-state index contributed by atoms with van der Waals surface area (Å²) in [6, 6.07) is 0. The highest BCUT2D eigenvalue weighted by molar-refractivity contribution is 5.92. The van der Waals surface area contributed by atoms with Gasteiger partial charge in [-0.05, 0) is 19.9 Å². The molecule has 0 rings (SSSR count). The Kier molecular flexibility index (Phi) is 18.9. The van der Waals surface area contributed by atoms with Crippen LogP contribution in [0.25, 0.3) is 0 Å². The van der Waals surface area contributed by atoms with Crippen molar-refractivity contribution in [1.29, 1.82) is 0 Å². The number of aliphatic hydroxyl groups is 2. The Bertz CT molecular complexity index is 194. The second kappa shape index (κ2) is 14.3. The second-order valence-electron chi connectivity index (χ2n) is 2.13. The molecule has 4 heteroatoms. The van der Waals surface area contributed by atoms with E-state index in [0.29, 0.717) is 0 Å². The smallest absolute Gasteiger partial charge is 0.157 e. The summed E-state index contributed by atoms with van der Waals surface area (Å²) in [5.74, 6) is -0.132. The van der Waals surface area contributed by atoms with Gasteiger partial charge in [0.15, 0.2) is 11.6 Å². The van der Waals surface area contributed by atoms with Crippen molar-refractivity contribution in [2.75, 3.05) is 13.7 Å². The van der Waals surface area contributed by atoms with Gasteiger partial charge in [-0.3, -0.25) is 9.59 Å². The fourth-order valence-corrected chi connectivity index (χ4v) is 0.111. The molecule has 0 spiro atoms. The molecule has 14 heavy (non-hydrogen) atoms. The first kappa shape index (κ1) is 18.5. The lowest BCUT2D eigenvalue weighted by Crippen LogP contribution is -1.98. The summed E-state index contributed by atoms with van der Waals surface area (Å²) in [6.45, 7) is 9.10. The van der Waals surface area contributed by atoms with Crippen molar-refractivity contribution >= 4 is 11.6 Å². The zero-order chi connectivity index (χ0) is 12.1. The average molecular weight is 202 g/mol. The minimum Gasteiger partial charge on any atom is -0.400 e. The highest BCUT2D eigenvalue weighted by Crippen LogP contribution is 1.85. The van der Waals surface area contributed by atoms with E-state index in [1.54, 1.807) is 0 Å². The molecule has 0 aromatic heterocycles. The van der Waals surface area contributed by atoms with E-state index >= 15 is 0 Å². The molecular formula is C10H18O4. The zero-order valence-corrected chi connectivity index (χ0v) is 8.91. The maximum absolute atomic E-state index is 10.1. The number of hydrogen-bond donors (Lipinski definition) is 2. The van der Waals surface area contributed by atoms with Crippen LogP contribution in [-0.2, 0) is 9.59 Å². The lowest BCUT2D eigenvalue weighted by atomic mass is 10.2. The molecule has 0 amide bonds. The van der Waals surface area contributed by atoms with Crippen molar-refractivity contribution in [1.82, 2.24) is 0 Å². The maximum Gasteiger partial charge on any atom is 0.157 e. The summed E-state index contributed by atoms with van der Waals surface area (Å²) in [6.07, 6.45) is 1.28. The first-order valence-electron chi connectivity index (χ1n) is 3.83. The fourth-order valence-electron chi connectivity index (χ4n) is 0.111. The molecule has 0 unspecified atom stereocenters. The number of carbonyl (C=O) groups is 2. The maximum atomic E-state index is 10.1. The minimum atomic E-state index is -0.227. The van der Waals surface area contributed by atoms with Crippen molar-refractivity contribution in [3.05, 3.63) is 24.8 Å². The van der Waals surface area contributed by atoms with Gasteiger partial charge in [-0.2, -0.15) is 0 Å². The first-order valence-corrected chi connectivity index (χ1v) is 3.83. The number of hydrogen-bond acceptors (Lipinski definition) is 4. The van der Waals surface area contributed by atoms with Crippen LogP contribution in [0.5, 0.6) is 0 Å². The van der Waals surface area contributed by atoms with Gasteiger partial charge in [0.2, 0.25) is 0 Å². The van der Waals surface area contributed by atoms with Crippen LogP contribution in [0.4, 0.5) is 0 Å². The molecule has 82 valence electrons. The lowest BCUT2D eigenvalue weighted by Gasteiger charge is -1.88. The van der Waals surface area contributed by atoms with E-state index in [4.69, 9.17) is 10.2 Å². The average Bonchev–Trinajstić information content (AvgIpc) is 2.20. The van der Waals surface area contributed by atoms with Crippen molar-refractivity contribution in [3.63, 3.8) is 0 Å². The normalized spacial score (nSPS) is 6.93. The fraction of sp³-hybridized carbons (Fsp3) is 0.400. The van der Waals surface area contributed by atoms with E-state index in [1.807, 2.05) is 0 Å². The van der Waals surface area contributed by atoms with Gasteiger partial charge < -0.3 is 10.2 Å². The van der Waals surface area contributed by atoms with Crippen LogP contribution >= 0.6 is 0 Å². The van der Waals surface area contributed by atoms with Crippen LogP contribution in [-0.4, -0.2) is 35.5 Å². The van der Waals surface area contributed by atoms with Crippen LogP contribution in [0.15, 0.2) is 24.8 Å². The molecule has 0 aliphatic rings. The summed E-state index contributed by atoms with van der Waals surface area (Å²) < 4.78 is 0. The third kappa shape index (κ3) is 22.4. The number of Topliss-reactive ketones (excluding diaryl/α,β-unsaturated/α-hetero) is 1. The summed E-state index contributed by atoms with van der Waals surface area (Å²) >= 11 is 0. The molecule has 0 fully saturated rings. The summed E-state index contributed by atoms with van der Waals surface area (Å²) in [5.41, 5.74) is 0.264. The van der Waals surface area contributed by atoms with Gasteiger partial charge in [-0.15, -0.1) is 0 Å². The Morgan fingerprint density at radius 2 is 1.57 bits per heavy atom. The van der Waals surface area contributed by atoms with Crippen molar-refractivity contribution < 1.29 is 19.8 Å². The van der Waals surface area contributed by atoms with Gasteiger partial charge in [0.25, 0.3) is 0 Å². The molecule has 4 nitrogen and oxygen atoms in total. The van der Waals surface area contributed by atoms with E-state index in [-0.39, 0.29) is 23.7 Å². The van der Waals surface area contributed by atoms with Gasteiger partial charge in [0, 0.05) is 12.7 Å². The summed E-state index contributed by atoms with van der Waals surface area (Å²) in [7, 11) is 1.00. The zero-order valence-electron chi connectivity index (χ0n) is 8.91. The van der Waals surface area contributed by atoms with Crippen LogP contribution in [0, 0.1) is 0 Å². The van der Waals surface area contributed by atoms with Gasteiger partial charge >= 0.3 is 0 Å². The Morgan fingerprint density at radius 3 is 1.57 bits per heavy atom. The van der Waals surface area contributed by atoms with Crippen LogP contribution in [0.2, 0.25) is 0 Å². The minimum absolute atomic E-state index is 0.0185. The number of ketones is 2. The van der Waals surface area contributed by atoms with E-state index in [0.717, 1.165) is 7.11 Å². The Labute approximate surface area is 84.6 Å². The molecule has 0 atom stereocenters. The largest absolute Gasteiger partial charge is 0.400 e. The Balaban J connectivity index is -0.000000152. The predicted octanol–water partition coefficient (Wildman–Crippen LogP) is 0.494. The van der Waals surface area contributed by atoms with E-state index in [2.05, 4.69) is 13.2 Å². The SMILES string of the molecule is C=C(CO)C(C)=O.C=CC(C)=O.CO. The van der Waals surface area contributed by atoms with E-state index in [1.165, 1.54) is 19.9 Å². The molecule has 2 N–H and O–H groups in total. The molecule has 0 aliphatic carbocycles. The number of rotatable bonds is 3. The van der Waals surface area contributed by atoms with E-state index in [9.17, 15) is 9.59 Å². The first-order chi connectivity index (χ1) is 6.45. The highest BCUT2D eigenvalue weighted by atomic mass is 16.3. The quantitative estimate of drug-likeness (QED) is 0.653. The summed E-state index contributed by atoms with van der Waals surface area (Å²) in [5, 5.41) is 15.2. The van der Waals surface area contributed by atoms with Gasteiger partial charge in [-0.25, -0.2) is 0 Å². The van der Waals surface area contributed by atoms with Gasteiger partial charge in [-0.1, -0.05) is 13.2 Å². The number of allylic oxidation sites excluding steroid dienone is 1. The monoisotopic (exact) mass is 202 g/mol. The van der Waals surface area contributed by atoms with E-state index < -0.39 is 0 Å². The summed E-state index contributed by atoms with van der Waals surface area (Å²) in [4.78, 5) is 19.8. The second-order valence-corrected chi connectivity index (χ2v) is 2.13. The highest BCUT2D eigenvalue weighted by Gasteiger charge is 1.93. The molecule has 0 bridgehead atoms. The van der Waals surface area contributed by atoms with Gasteiger partial charge in [0.05, 0.1) is 6.61 Å². The molecular weight excluding hydrogens is 184 g/mol. The van der Waals surface area contributed by atoms with Crippen molar-refractivity contribution in [3.8, 4) is 0 Å². The Hall–Kier alpha value is -1.26. The predicted molar refractivity (Wildman–Crippen MR) is 55.9 cm³/mol. The Morgan fingerprint density at radius 1 is 1.29 bits per heavy atom. The van der Waals surface area contributed by atoms with Crippen LogP contribution in [0.3, 0.4) is 0 Å². The number of aliphatic hydroxyl groups excluding tert-OH is 2. The van der Waals surface area contributed by atoms with Crippen LogP contribution in [0.1, 0.15) is 13.8 Å². The number of carbonyl (C=O) groups excluding carboxylic acids is 2. The topological polar surface area (TPSA) is 74.6 Å². The molecule has 0 saturated carbocycles. The third-order valence-corrected chi connectivity index (χ3v) is 0.976.